The Bertz CT molecular complexity index is 234. The Labute approximate surface area is 77.7 Å². The second-order valence-corrected chi connectivity index (χ2v) is 3.66. The van der Waals surface area contributed by atoms with Gasteiger partial charge in [0.05, 0.1) is 6.04 Å². The van der Waals surface area contributed by atoms with Crippen LogP contribution < -0.4 is 5.32 Å². The van der Waals surface area contributed by atoms with Crippen molar-refractivity contribution in [3.05, 3.63) is 23.7 Å². The van der Waals surface area contributed by atoms with E-state index in [1.807, 2.05) is 37.9 Å². The van der Waals surface area contributed by atoms with Crippen LogP contribution in [0.2, 0.25) is 0 Å². The molecular weight excluding hydrogens is 170 g/mol. The number of rotatable bonds is 4. The lowest BCUT2D eigenvalue weighted by atomic mass is 10.2. The van der Waals surface area contributed by atoms with Crippen molar-refractivity contribution < 1.29 is 4.42 Å². The second kappa shape index (κ2) is 4.58. The van der Waals surface area contributed by atoms with Gasteiger partial charge in [0.25, 0.3) is 0 Å². The summed E-state index contributed by atoms with van der Waals surface area (Å²) in [7, 11) is 1.96. The van der Waals surface area contributed by atoms with Crippen LogP contribution in [0.5, 0.6) is 0 Å². The highest BCUT2D eigenvalue weighted by molar-refractivity contribution is 7.98. The highest BCUT2D eigenvalue weighted by atomic mass is 32.2. The summed E-state index contributed by atoms with van der Waals surface area (Å²) < 4.78 is 5.51. The molecule has 1 aromatic rings. The molecule has 1 rings (SSSR count). The summed E-state index contributed by atoms with van der Waals surface area (Å²) in [4.78, 5) is 0. The average Bonchev–Trinajstić information content (AvgIpc) is 2.47. The second-order valence-electron chi connectivity index (χ2n) is 2.75. The highest BCUT2D eigenvalue weighted by Gasteiger charge is 2.11. The minimum atomic E-state index is 0.341. The zero-order valence-corrected chi connectivity index (χ0v) is 8.57. The van der Waals surface area contributed by atoms with E-state index >= 15 is 0 Å². The molecule has 0 aromatic carbocycles. The van der Waals surface area contributed by atoms with Crippen LogP contribution in [-0.4, -0.2) is 19.1 Å². The summed E-state index contributed by atoms with van der Waals surface area (Å²) in [5.74, 6) is 3.06. The molecule has 0 radical (unpaired) electrons. The van der Waals surface area contributed by atoms with Gasteiger partial charge in [0.15, 0.2) is 0 Å². The standard InChI is InChI=1S/C9H15NOS/c1-7-4-5-9(11-7)8(10-2)6-12-3/h4-5,8,10H,6H2,1-3H3. The fraction of sp³-hybridized carbons (Fsp3) is 0.556. The fourth-order valence-electron chi connectivity index (χ4n) is 1.12. The van der Waals surface area contributed by atoms with E-state index in [-0.39, 0.29) is 0 Å². The molecule has 0 bridgehead atoms. The molecule has 0 fully saturated rings. The molecule has 0 aliphatic rings. The molecule has 0 saturated heterocycles. The normalized spacial score (nSPS) is 13.2. The summed E-state index contributed by atoms with van der Waals surface area (Å²) >= 11 is 1.82. The smallest absolute Gasteiger partial charge is 0.121 e. The molecule has 1 heterocycles. The van der Waals surface area contributed by atoms with Gasteiger partial charge in [-0.15, -0.1) is 0 Å². The van der Waals surface area contributed by atoms with E-state index in [2.05, 4.69) is 11.6 Å². The van der Waals surface area contributed by atoms with Crippen LogP contribution in [0.15, 0.2) is 16.5 Å². The third-order valence-corrected chi connectivity index (χ3v) is 2.45. The number of hydrogen-bond donors (Lipinski definition) is 1. The van der Waals surface area contributed by atoms with Crippen molar-refractivity contribution in [2.75, 3.05) is 19.1 Å². The summed E-state index contributed by atoms with van der Waals surface area (Å²) in [5, 5.41) is 3.22. The minimum absolute atomic E-state index is 0.341. The van der Waals surface area contributed by atoms with E-state index in [1.54, 1.807) is 0 Å². The molecule has 12 heavy (non-hydrogen) atoms. The summed E-state index contributed by atoms with van der Waals surface area (Å²) in [6.45, 7) is 1.97. The van der Waals surface area contributed by atoms with Gasteiger partial charge in [-0.2, -0.15) is 11.8 Å². The van der Waals surface area contributed by atoms with E-state index in [0.29, 0.717) is 6.04 Å². The molecule has 2 nitrogen and oxygen atoms in total. The van der Waals surface area contributed by atoms with Gasteiger partial charge in [-0.3, -0.25) is 0 Å². The van der Waals surface area contributed by atoms with Crippen LogP contribution in [0.1, 0.15) is 17.6 Å². The molecule has 0 aliphatic carbocycles. The maximum atomic E-state index is 5.51. The first-order valence-corrected chi connectivity index (χ1v) is 5.40. The van der Waals surface area contributed by atoms with Gasteiger partial charge in [0, 0.05) is 5.75 Å². The van der Waals surface area contributed by atoms with E-state index in [4.69, 9.17) is 4.42 Å². The van der Waals surface area contributed by atoms with Gasteiger partial charge in [-0.1, -0.05) is 0 Å². The van der Waals surface area contributed by atoms with Gasteiger partial charge in [0.2, 0.25) is 0 Å². The Morgan fingerprint density at radius 2 is 2.33 bits per heavy atom. The van der Waals surface area contributed by atoms with Crippen LogP contribution in [0.25, 0.3) is 0 Å². The highest BCUT2D eigenvalue weighted by Crippen LogP contribution is 2.18. The number of hydrogen-bond acceptors (Lipinski definition) is 3. The predicted molar refractivity (Wildman–Crippen MR) is 53.6 cm³/mol. The predicted octanol–water partition coefficient (Wildman–Crippen LogP) is 2.21. The third kappa shape index (κ3) is 2.29. The molecular formula is C9H15NOS. The largest absolute Gasteiger partial charge is 0.465 e. The van der Waals surface area contributed by atoms with E-state index < -0.39 is 0 Å². The molecule has 3 heteroatoms. The molecule has 1 atom stereocenters. The Balaban J connectivity index is 2.66. The SMILES string of the molecule is CNC(CSC)c1ccc(C)o1. The van der Waals surface area contributed by atoms with Gasteiger partial charge in [-0.05, 0) is 32.4 Å². The van der Waals surface area contributed by atoms with Crippen molar-refractivity contribution in [3.63, 3.8) is 0 Å². The molecule has 1 aromatic heterocycles. The number of nitrogens with one attached hydrogen (secondary N) is 1. The molecule has 0 saturated carbocycles. The summed E-state index contributed by atoms with van der Waals surface area (Å²) in [6.07, 6.45) is 2.10. The van der Waals surface area contributed by atoms with Crippen LogP contribution in [0, 0.1) is 6.92 Å². The van der Waals surface area contributed by atoms with Crippen LogP contribution in [-0.2, 0) is 0 Å². The summed E-state index contributed by atoms with van der Waals surface area (Å²) in [5.41, 5.74) is 0. The first-order chi connectivity index (χ1) is 5.77. The number of furan rings is 1. The Morgan fingerprint density at radius 1 is 1.58 bits per heavy atom. The zero-order valence-electron chi connectivity index (χ0n) is 7.76. The average molecular weight is 185 g/mol. The lowest BCUT2D eigenvalue weighted by Crippen LogP contribution is -2.17. The quantitative estimate of drug-likeness (QED) is 0.778. The van der Waals surface area contributed by atoms with Gasteiger partial charge in [0.1, 0.15) is 11.5 Å². The van der Waals surface area contributed by atoms with Crippen molar-refractivity contribution in [3.8, 4) is 0 Å². The van der Waals surface area contributed by atoms with Crippen molar-refractivity contribution >= 4 is 11.8 Å². The van der Waals surface area contributed by atoms with Crippen molar-refractivity contribution in [2.45, 2.75) is 13.0 Å². The van der Waals surface area contributed by atoms with Crippen molar-refractivity contribution in [1.29, 1.82) is 0 Å². The van der Waals surface area contributed by atoms with Crippen LogP contribution in [0.4, 0.5) is 0 Å². The lowest BCUT2D eigenvalue weighted by molar-refractivity contribution is 0.435. The molecule has 1 unspecified atom stereocenters. The first kappa shape index (κ1) is 9.68. The molecule has 0 aliphatic heterocycles. The topological polar surface area (TPSA) is 25.2 Å². The Hall–Kier alpha value is -0.410. The summed E-state index contributed by atoms with van der Waals surface area (Å²) in [6, 6.07) is 4.38. The van der Waals surface area contributed by atoms with E-state index in [1.165, 1.54) is 0 Å². The fourth-order valence-corrected chi connectivity index (χ4v) is 1.78. The van der Waals surface area contributed by atoms with Gasteiger partial charge >= 0.3 is 0 Å². The number of thioether (sulfide) groups is 1. The molecule has 0 spiro atoms. The lowest BCUT2D eigenvalue weighted by Gasteiger charge is -2.11. The molecule has 1 N–H and O–H groups in total. The maximum absolute atomic E-state index is 5.51. The van der Waals surface area contributed by atoms with Gasteiger partial charge in [-0.25, -0.2) is 0 Å². The zero-order chi connectivity index (χ0) is 8.97. The third-order valence-electron chi connectivity index (χ3n) is 1.79. The monoisotopic (exact) mass is 185 g/mol. The maximum Gasteiger partial charge on any atom is 0.121 e. The first-order valence-electron chi connectivity index (χ1n) is 4.00. The van der Waals surface area contributed by atoms with Crippen molar-refractivity contribution in [1.82, 2.24) is 5.32 Å². The van der Waals surface area contributed by atoms with Crippen LogP contribution >= 0.6 is 11.8 Å². The molecule has 68 valence electrons. The Morgan fingerprint density at radius 3 is 2.75 bits per heavy atom. The van der Waals surface area contributed by atoms with Gasteiger partial charge < -0.3 is 9.73 Å². The Kier molecular flexibility index (Phi) is 3.69. The van der Waals surface area contributed by atoms with E-state index in [9.17, 15) is 0 Å². The number of aryl methyl sites for hydroxylation is 1. The molecule has 0 amide bonds. The van der Waals surface area contributed by atoms with Crippen molar-refractivity contribution in [2.24, 2.45) is 0 Å². The minimum Gasteiger partial charge on any atom is -0.465 e. The van der Waals surface area contributed by atoms with E-state index in [0.717, 1.165) is 17.3 Å². The van der Waals surface area contributed by atoms with Crippen LogP contribution in [0.3, 0.4) is 0 Å².